The van der Waals surface area contributed by atoms with E-state index in [1.807, 2.05) is 17.2 Å². The molecule has 2 heterocycles. The van der Waals surface area contributed by atoms with Crippen LogP contribution in [0, 0.1) is 12.8 Å². The first kappa shape index (κ1) is 19.3. The molecule has 0 N–H and O–H groups in total. The lowest BCUT2D eigenvalue weighted by Gasteiger charge is -2.36. The number of hydrogen-bond donors (Lipinski definition) is 0. The first-order valence-corrected chi connectivity index (χ1v) is 9.41. The first-order valence-electron chi connectivity index (χ1n) is 8.53. The molecule has 0 spiro atoms. The molecule has 1 fully saturated rings. The number of rotatable bonds is 6. The maximum absolute atomic E-state index is 13.2. The summed E-state index contributed by atoms with van der Waals surface area (Å²) in [7, 11) is 1.40. The maximum atomic E-state index is 13.2. The van der Waals surface area contributed by atoms with E-state index in [0.29, 0.717) is 17.4 Å². The van der Waals surface area contributed by atoms with Crippen LogP contribution >= 0.6 is 11.3 Å². The maximum Gasteiger partial charge on any atom is 0.338 e. The monoisotopic (exact) mass is 359 g/mol. The van der Waals surface area contributed by atoms with Crippen LogP contribution in [0.4, 0.5) is 8.78 Å². The van der Waals surface area contributed by atoms with Crippen molar-refractivity contribution in [2.24, 2.45) is 5.92 Å². The highest BCUT2D eigenvalue weighted by molar-refractivity contribution is 7.10. The molecule has 1 atom stereocenters. The van der Waals surface area contributed by atoms with Gasteiger partial charge in [-0.1, -0.05) is 6.92 Å². The van der Waals surface area contributed by atoms with E-state index in [4.69, 9.17) is 4.74 Å². The molecule has 2 rings (SSSR count). The number of halogens is 2. The Hall–Kier alpha value is -1.01. The lowest BCUT2D eigenvalue weighted by Crippen LogP contribution is -2.41. The van der Waals surface area contributed by atoms with Crippen molar-refractivity contribution in [3.8, 4) is 0 Å². The predicted octanol–water partition coefficient (Wildman–Crippen LogP) is 4.70. The number of carbonyl (C=O) groups is 1. The molecular formula is C18H27F2NO2S. The van der Waals surface area contributed by atoms with E-state index in [1.54, 1.807) is 11.3 Å². The highest BCUT2D eigenvalue weighted by Gasteiger charge is 2.32. The summed E-state index contributed by atoms with van der Waals surface area (Å²) >= 11 is 1.62. The summed E-state index contributed by atoms with van der Waals surface area (Å²) in [5.41, 5.74) is 1.67. The van der Waals surface area contributed by atoms with Gasteiger partial charge in [-0.05, 0) is 56.7 Å². The van der Waals surface area contributed by atoms with E-state index >= 15 is 0 Å². The van der Waals surface area contributed by atoms with Crippen LogP contribution < -0.4 is 0 Å². The third kappa shape index (κ3) is 4.54. The standard InChI is InChI=1S/C18H27F2NO2S/c1-5-14(16-12(2)15(10-24-16)17(22)23-4)13-6-8-21(9-7-13)11-18(3,19)20/h10,13-14H,5-9,11H2,1-4H3/t14-/m0/s1. The molecule has 1 aliphatic rings. The Morgan fingerprint density at radius 3 is 2.58 bits per heavy atom. The van der Waals surface area contributed by atoms with Crippen molar-refractivity contribution in [1.82, 2.24) is 4.90 Å². The van der Waals surface area contributed by atoms with Crippen LogP contribution in [0.2, 0.25) is 0 Å². The minimum absolute atomic E-state index is 0.152. The molecule has 3 nitrogen and oxygen atoms in total. The van der Waals surface area contributed by atoms with E-state index in [0.717, 1.165) is 44.8 Å². The smallest absolute Gasteiger partial charge is 0.338 e. The van der Waals surface area contributed by atoms with Gasteiger partial charge in [0, 0.05) is 17.2 Å². The summed E-state index contributed by atoms with van der Waals surface area (Å²) < 4.78 is 31.2. The topological polar surface area (TPSA) is 29.5 Å². The van der Waals surface area contributed by atoms with Gasteiger partial charge in [0.15, 0.2) is 0 Å². The second kappa shape index (κ2) is 7.91. The van der Waals surface area contributed by atoms with Crippen LogP contribution in [0.15, 0.2) is 5.38 Å². The second-order valence-electron chi connectivity index (χ2n) is 6.83. The Balaban J connectivity index is 2.06. The molecule has 1 saturated heterocycles. The van der Waals surface area contributed by atoms with Gasteiger partial charge in [-0.3, -0.25) is 4.90 Å². The van der Waals surface area contributed by atoms with Crippen LogP contribution in [0.3, 0.4) is 0 Å². The van der Waals surface area contributed by atoms with E-state index in [9.17, 15) is 13.6 Å². The molecule has 0 radical (unpaired) electrons. The van der Waals surface area contributed by atoms with E-state index < -0.39 is 5.92 Å². The molecule has 0 aliphatic carbocycles. The van der Waals surface area contributed by atoms with Crippen molar-refractivity contribution in [1.29, 1.82) is 0 Å². The van der Waals surface area contributed by atoms with Crippen molar-refractivity contribution in [2.75, 3.05) is 26.7 Å². The average Bonchev–Trinajstić information content (AvgIpc) is 2.89. The summed E-state index contributed by atoms with van der Waals surface area (Å²) in [5, 5.41) is 1.88. The van der Waals surface area contributed by atoms with Crippen molar-refractivity contribution >= 4 is 17.3 Å². The van der Waals surface area contributed by atoms with Gasteiger partial charge < -0.3 is 4.74 Å². The first-order chi connectivity index (χ1) is 11.3. The summed E-state index contributed by atoms with van der Waals surface area (Å²) in [4.78, 5) is 14.9. The number of nitrogens with zero attached hydrogens (tertiary/aromatic N) is 1. The number of esters is 1. The zero-order valence-electron chi connectivity index (χ0n) is 14.9. The molecule has 1 aromatic heterocycles. The minimum atomic E-state index is -2.63. The number of piperidine rings is 1. The Morgan fingerprint density at radius 1 is 1.46 bits per heavy atom. The molecular weight excluding hydrogens is 332 g/mol. The fraction of sp³-hybridized carbons (Fsp3) is 0.722. The number of likely N-dealkylation sites (tertiary alicyclic amines) is 1. The van der Waals surface area contributed by atoms with E-state index in [2.05, 4.69) is 6.92 Å². The van der Waals surface area contributed by atoms with Crippen LogP contribution in [0.5, 0.6) is 0 Å². The Morgan fingerprint density at radius 2 is 2.08 bits per heavy atom. The SMILES string of the molecule is CC[C@H](c1scc(C(=O)OC)c1C)C1CCN(CC(C)(F)F)CC1. The molecule has 24 heavy (non-hydrogen) atoms. The quantitative estimate of drug-likeness (QED) is 0.689. The van der Waals surface area contributed by atoms with Crippen molar-refractivity contribution in [2.45, 2.75) is 51.9 Å². The van der Waals surface area contributed by atoms with Gasteiger partial charge in [0.2, 0.25) is 0 Å². The molecule has 0 bridgehead atoms. The number of ether oxygens (including phenoxy) is 1. The van der Waals surface area contributed by atoms with Crippen molar-refractivity contribution < 1.29 is 18.3 Å². The zero-order valence-corrected chi connectivity index (χ0v) is 15.7. The van der Waals surface area contributed by atoms with Crippen LogP contribution in [0.1, 0.15) is 59.8 Å². The van der Waals surface area contributed by atoms with Gasteiger partial charge in [-0.2, -0.15) is 0 Å². The van der Waals surface area contributed by atoms with Crippen molar-refractivity contribution in [3.63, 3.8) is 0 Å². The predicted molar refractivity (Wildman–Crippen MR) is 93.2 cm³/mol. The highest BCUT2D eigenvalue weighted by Crippen LogP contribution is 2.40. The van der Waals surface area contributed by atoms with Gasteiger partial charge in [0.25, 0.3) is 5.92 Å². The number of hydrogen-bond acceptors (Lipinski definition) is 4. The van der Waals surface area contributed by atoms with E-state index in [1.165, 1.54) is 12.0 Å². The van der Waals surface area contributed by atoms with Crippen LogP contribution in [-0.2, 0) is 4.74 Å². The van der Waals surface area contributed by atoms with Gasteiger partial charge >= 0.3 is 5.97 Å². The molecule has 0 aromatic carbocycles. The number of alkyl halides is 2. The molecule has 1 aromatic rings. The summed E-state index contributed by atoms with van der Waals surface area (Å²) in [6, 6.07) is 0. The minimum Gasteiger partial charge on any atom is -0.465 e. The molecule has 0 unspecified atom stereocenters. The van der Waals surface area contributed by atoms with Crippen LogP contribution in [-0.4, -0.2) is 43.5 Å². The summed E-state index contributed by atoms with van der Waals surface area (Å²) in [6.45, 7) is 6.41. The fourth-order valence-corrected chi connectivity index (χ4v) is 5.09. The Bertz CT molecular complexity index is 560. The molecule has 0 saturated carbocycles. The molecule has 0 amide bonds. The zero-order chi connectivity index (χ0) is 17.9. The third-order valence-electron chi connectivity index (χ3n) is 4.96. The van der Waals surface area contributed by atoms with Crippen LogP contribution in [0.25, 0.3) is 0 Å². The third-order valence-corrected chi connectivity index (χ3v) is 6.18. The largest absolute Gasteiger partial charge is 0.465 e. The molecule has 136 valence electrons. The summed E-state index contributed by atoms with van der Waals surface area (Å²) in [5.74, 6) is -2.04. The number of methoxy groups -OCH3 is 1. The van der Waals surface area contributed by atoms with Gasteiger partial charge in [-0.25, -0.2) is 13.6 Å². The molecule has 1 aliphatic heterocycles. The summed E-state index contributed by atoms with van der Waals surface area (Å²) in [6.07, 6.45) is 2.86. The number of carbonyl (C=O) groups excluding carboxylic acids is 1. The van der Waals surface area contributed by atoms with E-state index in [-0.39, 0.29) is 12.5 Å². The Labute approximate surface area is 147 Å². The lowest BCUT2D eigenvalue weighted by molar-refractivity contribution is -0.0232. The number of thiophene rings is 1. The van der Waals surface area contributed by atoms with Gasteiger partial charge in [0.05, 0.1) is 19.2 Å². The fourth-order valence-electron chi connectivity index (χ4n) is 3.75. The second-order valence-corrected chi connectivity index (χ2v) is 7.74. The van der Waals surface area contributed by atoms with Gasteiger partial charge in [-0.15, -0.1) is 11.3 Å². The molecule has 6 heteroatoms. The average molecular weight is 359 g/mol. The van der Waals surface area contributed by atoms with Gasteiger partial charge in [0.1, 0.15) is 0 Å². The normalized spacial score (nSPS) is 18.6. The highest BCUT2D eigenvalue weighted by atomic mass is 32.1. The Kier molecular flexibility index (Phi) is 6.37. The van der Waals surface area contributed by atoms with Crippen molar-refractivity contribution in [3.05, 3.63) is 21.4 Å². The lowest BCUT2D eigenvalue weighted by atomic mass is 9.80.